The molecule has 0 saturated carbocycles. The summed E-state index contributed by atoms with van der Waals surface area (Å²) in [5.74, 6) is 1.12. The lowest BCUT2D eigenvalue weighted by Crippen LogP contribution is -2.15. The lowest BCUT2D eigenvalue weighted by Gasteiger charge is -2.08. The first-order valence-electron chi connectivity index (χ1n) is 7.69. The minimum absolute atomic E-state index is 0.0326. The highest BCUT2D eigenvalue weighted by Crippen LogP contribution is 2.16. The molecule has 0 bridgehead atoms. The molecule has 0 aliphatic rings. The van der Waals surface area contributed by atoms with E-state index >= 15 is 0 Å². The van der Waals surface area contributed by atoms with Gasteiger partial charge in [0.25, 0.3) is 5.69 Å². The van der Waals surface area contributed by atoms with Crippen molar-refractivity contribution in [2.75, 3.05) is 23.7 Å². The Bertz CT molecular complexity index is 839. The van der Waals surface area contributed by atoms with E-state index in [1.165, 1.54) is 12.3 Å². The van der Waals surface area contributed by atoms with E-state index in [0.717, 1.165) is 11.3 Å². The van der Waals surface area contributed by atoms with Crippen molar-refractivity contribution in [3.63, 3.8) is 0 Å². The summed E-state index contributed by atoms with van der Waals surface area (Å²) in [4.78, 5) is 22.8. The summed E-state index contributed by atoms with van der Waals surface area (Å²) in [6, 6.07) is 14.7. The van der Waals surface area contributed by atoms with Crippen LogP contribution >= 0.6 is 0 Å². The Morgan fingerprint density at radius 2 is 1.76 bits per heavy atom. The second-order valence-electron chi connectivity index (χ2n) is 5.14. The standard InChI is InChI=1S/C17H16N6O2/c24-23(25)14-6-7-16(21-12-14)18-10-11-20-17-19-9-8-15(22-17)13-4-2-1-3-5-13/h1-9,12H,10-11H2,(H,18,21)(H,19,20,22). The number of benzene rings is 1. The summed E-state index contributed by atoms with van der Waals surface area (Å²) >= 11 is 0. The number of hydrogen-bond donors (Lipinski definition) is 2. The Kier molecular flexibility index (Phi) is 5.10. The molecule has 3 aromatic rings. The van der Waals surface area contributed by atoms with Crippen molar-refractivity contribution in [2.45, 2.75) is 0 Å². The van der Waals surface area contributed by atoms with Gasteiger partial charge in [-0.3, -0.25) is 10.1 Å². The molecule has 1 aromatic carbocycles. The molecule has 0 fully saturated rings. The summed E-state index contributed by atoms with van der Waals surface area (Å²) in [6.45, 7) is 1.15. The smallest absolute Gasteiger partial charge is 0.287 e. The van der Waals surface area contributed by atoms with E-state index in [9.17, 15) is 10.1 Å². The third kappa shape index (κ3) is 4.47. The quantitative estimate of drug-likeness (QED) is 0.388. The van der Waals surface area contributed by atoms with Crippen LogP contribution in [0, 0.1) is 10.1 Å². The second kappa shape index (κ2) is 7.82. The van der Waals surface area contributed by atoms with Crippen molar-refractivity contribution in [1.29, 1.82) is 0 Å². The zero-order valence-electron chi connectivity index (χ0n) is 13.3. The van der Waals surface area contributed by atoms with Crippen LogP contribution in [0.4, 0.5) is 17.5 Å². The van der Waals surface area contributed by atoms with Gasteiger partial charge in [0.1, 0.15) is 12.0 Å². The van der Waals surface area contributed by atoms with Crippen LogP contribution in [0.15, 0.2) is 60.9 Å². The Morgan fingerprint density at radius 3 is 2.48 bits per heavy atom. The summed E-state index contributed by atoms with van der Waals surface area (Å²) in [5.41, 5.74) is 1.85. The zero-order valence-corrected chi connectivity index (χ0v) is 13.3. The lowest BCUT2D eigenvalue weighted by molar-refractivity contribution is -0.385. The predicted molar refractivity (Wildman–Crippen MR) is 95.3 cm³/mol. The van der Waals surface area contributed by atoms with Gasteiger partial charge in [0.15, 0.2) is 0 Å². The van der Waals surface area contributed by atoms with Crippen LogP contribution in [0.25, 0.3) is 11.3 Å². The zero-order chi connectivity index (χ0) is 17.5. The molecule has 8 heteroatoms. The van der Waals surface area contributed by atoms with Gasteiger partial charge in [-0.2, -0.15) is 0 Å². The number of anilines is 2. The Labute approximate surface area is 144 Å². The maximum atomic E-state index is 10.6. The predicted octanol–water partition coefficient (Wildman–Crippen LogP) is 2.97. The van der Waals surface area contributed by atoms with Crippen LogP contribution in [-0.2, 0) is 0 Å². The highest BCUT2D eigenvalue weighted by atomic mass is 16.6. The van der Waals surface area contributed by atoms with E-state index in [2.05, 4.69) is 25.6 Å². The molecule has 25 heavy (non-hydrogen) atoms. The highest BCUT2D eigenvalue weighted by Gasteiger charge is 2.05. The minimum atomic E-state index is -0.477. The fourth-order valence-electron chi connectivity index (χ4n) is 2.18. The molecule has 0 amide bonds. The maximum Gasteiger partial charge on any atom is 0.287 e. The molecule has 0 aliphatic carbocycles. The van der Waals surface area contributed by atoms with Crippen LogP contribution in [0.5, 0.6) is 0 Å². The molecular formula is C17H16N6O2. The minimum Gasteiger partial charge on any atom is -0.368 e. The first-order valence-corrected chi connectivity index (χ1v) is 7.69. The third-order valence-corrected chi connectivity index (χ3v) is 3.40. The Morgan fingerprint density at radius 1 is 0.960 bits per heavy atom. The number of hydrogen-bond acceptors (Lipinski definition) is 7. The molecule has 2 aromatic heterocycles. The van der Waals surface area contributed by atoms with E-state index in [1.807, 2.05) is 36.4 Å². The number of aromatic nitrogens is 3. The fourth-order valence-corrected chi connectivity index (χ4v) is 2.18. The molecule has 0 aliphatic heterocycles. The lowest BCUT2D eigenvalue weighted by atomic mass is 10.1. The number of pyridine rings is 1. The molecule has 8 nitrogen and oxygen atoms in total. The van der Waals surface area contributed by atoms with Gasteiger partial charge in [-0.1, -0.05) is 30.3 Å². The molecular weight excluding hydrogens is 320 g/mol. The third-order valence-electron chi connectivity index (χ3n) is 3.40. The fraction of sp³-hybridized carbons (Fsp3) is 0.118. The van der Waals surface area contributed by atoms with Gasteiger partial charge in [-0.15, -0.1) is 0 Å². The number of rotatable bonds is 7. The number of nitro groups is 1. The number of nitrogens with one attached hydrogen (secondary N) is 2. The summed E-state index contributed by atoms with van der Waals surface area (Å²) < 4.78 is 0. The first kappa shape index (κ1) is 16.3. The molecule has 0 saturated heterocycles. The Hall–Kier alpha value is -3.55. The Balaban J connectivity index is 1.51. The van der Waals surface area contributed by atoms with Gasteiger partial charge in [0, 0.05) is 30.9 Å². The van der Waals surface area contributed by atoms with Gasteiger partial charge in [0.05, 0.1) is 10.6 Å². The van der Waals surface area contributed by atoms with Crippen molar-refractivity contribution >= 4 is 17.5 Å². The van der Waals surface area contributed by atoms with Crippen molar-refractivity contribution in [1.82, 2.24) is 15.0 Å². The van der Waals surface area contributed by atoms with Crippen molar-refractivity contribution < 1.29 is 4.92 Å². The van der Waals surface area contributed by atoms with Crippen molar-refractivity contribution in [2.24, 2.45) is 0 Å². The van der Waals surface area contributed by atoms with Gasteiger partial charge in [-0.25, -0.2) is 15.0 Å². The molecule has 126 valence electrons. The average Bonchev–Trinajstić information content (AvgIpc) is 2.66. The van der Waals surface area contributed by atoms with Crippen molar-refractivity contribution in [3.8, 4) is 11.3 Å². The monoisotopic (exact) mass is 336 g/mol. The van der Waals surface area contributed by atoms with E-state index in [0.29, 0.717) is 24.9 Å². The average molecular weight is 336 g/mol. The maximum absolute atomic E-state index is 10.6. The molecule has 3 rings (SSSR count). The van der Waals surface area contributed by atoms with E-state index < -0.39 is 4.92 Å². The topological polar surface area (TPSA) is 106 Å². The molecule has 2 heterocycles. The molecule has 0 atom stereocenters. The van der Waals surface area contributed by atoms with Crippen LogP contribution in [-0.4, -0.2) is 33.0 Å². The van der Waals surface area contributed by atoms with Crippen LogP contribution in [0.2, 0.25) is 0 Å². The van der Waals surface area contributed by atoms with Gasteiger partial charge < -0.3 is 10.6 Å². The molecule has 0 unspecified atom stereocenters. The normalized spacial score (nSPS) is 10.2. The van der Waals surface area contributed by atoms with Crippen LogP contribution < -0.4 is 10.6 Å². The van der Waals surface area contributed by atoms with Gasteiger partial charge in [0.2, 0.25) is 5.95 Å². The summed E-state index contributed by atoms with van der Waals surface area (Å²) in [6.07, 6.45) is 2.94. The van der Waals surface area contributed by atoms with Crippen molar-refractivity contribution in [3.05, 3.63) is 71.0 Å². The second-order valence-corrected chi connectivity index (χ2v) is 5.14. The first-order chi connectivity index (χ1) is 12.2. The van der Waals surface area contributed by atoms with E-state index in [-0.39, 0.29) is 5.69 Å². The largest absolute Gasteiger partial charge is 0.368 e. The summed E-state index contributed by atoms with van der Waals surface area (Å²) in [5, 5.41) is 16.8. The van der Waals surface area contributed by atoms with E-state index in [1.54, 1.807) is 12.3 Å². The van der Waals surface area contributed by atoms with Crippen LogP contribution in [0.3, 0.4) is 0 Å². The highest BCUT2D eigenvalue weighted by molar-refractivity contribution is 5.59. The molecule has 2 N–H and O–H groups in total. The number of nitrogens with zero attached hydrogens (tertiary/aromatic N) is 4. The summed E-state index contributed by atoms with van der Waals surface area (Å²) in [7, 11) is 0. The molecule has 0 radical (unpaired) electrons. The molecule has 0 spiro atoms. The van der Waals surface area contributed by atoms with E-state index in [4.69, 9.17) is 0 Å². The van der Waals surface area contributed by atoms with Gasteiger partial charge in [-0.05, 0) is 12.1 Å². The van der Waals surface area contributed by atoms with Gasteiger partial charge >= 0.3 is 0 Å². The van der Waals surface area contributed by atoms with Crippen LogP contribution in [0.1, 0.15) is 0 Å². The SMILES string of the molecule is O=[N+]([O-])c1ccc(NCCNc2nccc(-c3ccccc3)n2)nc1.